The van der Waals surface area contributed by atoms with Gasteiger partial charge in [-0.2, -0.15) is 0 Å². The van der Waals surface area contributed by atoms with Crippen LogP contribution in [0.1, 0.15) is 133 Å². The minimum Gasteiger partial charge on any atom is -0.466 e. The molecule has 3 saturated heterocycles. The van der Waals surface area contributed by atoms with Crippen LogP contribution in [-0.2, 0) is 138 Å². The fourth-order valence-electron chi connectivity index (χ4n) is 10.2. The Morgan fingerprint density at radius 3 is 0.789 bits per heavy atom. The second kappa shape index (κ2) is 66.9. The van der Waals surface area contributed by atoms with Gasteiger partial charge in [0.2, 0.25) is 0 Å². The SMILES string of the molecule is CCCCN(CCCC)/C(=C/C(=O)OC)C(=O)OC.CCCN(CC)/C(=C/C(=O)OC)C(=O)OC.CCN(CC)/C(=C/C(=O)OC)C(=O)OC.COC(=O)/C=C(\C(=O)OC)N(C(C)C)C(C)C.COC(=O)/C=C(\C(=O)OC)N1CCCC1.COC(=O)/C=C(\C(=O)OC)N1CCCCC1.COC(=O)/C=C(\C(=O)OC)N1CCOCC1. The Morgan fingerprint density at radius 1 is 0.289 bits per heavy atom. The molecule has 650 valence electrons. The number of hydrogen-bond donors (Lipinski definition) is 0. The maximum Gasteiger partial charge on any atom is 0.354 e. The molecule has 3 aliphatic heterocycles. The highest BCUT2D eigenvalue weighted by atomic mass is 16.6. The van der Waals surface area contributed by atoms with Crippen molar-refractivity contribution < 1.29 is 138 Å². The quantitative estimate of drug-likeness (QED) is 0.0434. The number of unbranched alkanes of at least 4 members (excludes halogenated alkanes) is 2. The van der Waals surface area contributed by atoms with Crippen molar-refractivity contribution in [2.45, 2.75) is 146 Å². The third-order valence-electron chi connectivity index (χ3n) is 16.1. The zero-order valence-electron chi connectivity index (χ0n) is 71.6. The highest BCUT2D eigenvalue weighted by Crippen LogP contribution is 2.20. The molecule has 0 bridgehead atoms. The first-order chi connectivity index (χ1) is 54.2. The number of piperidine rings is 1. The first-order valence-electron chi connectivity index (χ1n) is 37.2. The number of carbonyl (C=O) groups is 14. The molecule has 0 aromatic rings. The third kappa shape index (κ3) is 45.7. The molecule has 0 atom stereocenters. The molecule has 0 unspecified atom stereocenters. The Balaban J connectivity index is -0.000000620. The molecular weight excluding hydrogens is 1500 g/mol. The lowest BCUT2D eigenvalue weighted by molar-refractivity contribution is -0.140. The molecule has 114 heavy (non-hydrogen) atoms. The lowest BCUT2D eigenvalue weighted by Crippen LogP contribution is -2.39. The zero-order valence-corrected chi connectivity index (χ0v) is 71.6. The van der Waals surface area contributed by atoms with E-state index >= 15 is 0 Å². The van der Waals surface area contributed by atoms with E-state index < -0.39 is 83.6 Å². The summed E-state index contributed by atoms with van der Waals surface area (Å²) in [4.78, 5) is 172. The van der Waals surface area contributed by atoms with Crippen LogP contribution in [0.25, 0.3) is 0 Å². The molecule has 0 saturated carbocycles. The van der Waals surface area contributed by atoms with E-state index in [0.29, 0.717) is 52.5 Å². The average Bonchev–Trinajstić information content (AvgIpc) is 1.13. The van der Waals surface area contributed by atoms with Crippen LogP contribution in [0.2, 0.25) is 0 Å². The van der Waals surface area contributed by atoms with Crippen molar-refractivity contribution in [2.75, 3.05) is 191 Å². The maximum atomic E-state index is 11.8. The van der Waals surface area contributed by atoms with Crippen molar-refractivity contribution in [2.24, 2.45) is 0 Å². The van der Waals surface area contributed by atoms with Crippen LogP contribution in [0.4, 0.5) is 0 Å². The smallest absolute Gasteiger partial charge is 0.354 e. The molecule has 0 radical (unpaired) electrons. The van der Waals surface area contributed by atoms with Crippen LogP contribution in [0, 0.1) is 0 Å². The monoisotopic (exact) mass is 1630 g/mol. The molecule has 3 heterocycles. The Hall–Kier alpha value is -10.7. The minimum atomic E-state index is -0.577. The van der Waals surface area contributed by atoms with Gasteiger partial charge in [0.1, 0.15) is 39.9 Å². The van der Waals surface area contributed by atoms with Gasteiger partial charge in [0.15, 0.2) is 0 Å². The lowest BCUT2D eigenvalue weighted by Gasteiger charge is -2.33. The van der Waals surface area contributed by atoms with Gasteiger partial charge in [-0.1, -0.05) is 33.6 Å². The second-order valence-corrected chi connectivity index (χ2v) is 24.2. The van der Waals surface area contributed by atoms with Gasteiger partial charge in [0.25, 0.3) is 0 Å². The summed E-state index contributed by atoms with van der Waals surface area (Å²) in [6, 6.07) is 0.148. The first kappa shape index (κ1) is 110. The molecule has 0 spiro atoms. The van der Waals surface area contributed by atoms with E-state index in [1.165, 1.54) is 118 Å². The highest BCUT2D eigenvalue weighted by molar-refractivity contribution is 5.99. The standard InChI is InChI=1S/C14H25NO4.C12H21NO4.C11H17NO4.C11H19NO4.C10H15NO5.C10H15NO4.C10H17NO4/c1-5-7-9-15(10-8-6-2)12(14(17)19-4)11-13(16)18-3;1-8(2)13(9(3)4)10(12(15)17-6)7-11(14)16-5;1-15-10(13)8-9(11(14)16-2)12-6-4-3-5-7-12;1-5-7-12(6-2)9(11(14)16-4)8-10(13)15-3;1-14-9(12)7-8(10(13)15-2)11-3-5-16-6-4-11;1-14-9(12)7-8(10(13)15-2)11-5-3-4-6-11;1-5-11(6-2)8(10(13)15-4)7-9(12)14-3/h11H,5-10H2,1-4H3;7-9H,1-6H3;8H,3-7H2,1-2H3;8H,5-7H2,1-4H3;7H,3-6H2,1-2H3;7H,3-6H2,1-2H3;7H,5-6H2,1-4H3/b12-11+;10-7+;2*9-8+;3*8-7+. The Labute approximate surface area is 672 Å². The van der Waals surface area contributed by atoms with Gasteiger partial charge in [-0.25, -0.2) is 67.1 Å². The number of rotatable bonds is 34. The average molecular weight is 1630 g/mol. The van der Waals surface area contributed by atoms with Gasteiger partial charge in [0, 0.05) is 90.6 Å². The number of likely N-dealkylation sites (tertiary alicyclic amines) is 2. The largest absolute Gasteiger partial charge is 0.466 e. The summed E-state index contributed by atoms with van der Waals surface area (Å²) in [7, 11) is 17.9. The summed E-state index contributed by atoms with van der Waals surface area (Å²) in [5.74, 6) is -7.55. The summed E-state index contributed by atoms with van der Waals surface area (Å²) in [5, 5.41) is 0. The van der Waals surface area contributed by atoms with Crippen molar-refractivity contribution >= 4 is 83.6 Å². The van der Waals surface area contributed by atoms with Crippen molar-refractivity contribution in [3.05, 3.63) is 82.4 Å². The van der Waals surface area contributed by atoms with E-state index in [-0.39, 0.29) is 52.0 Å². The van der Waals surface area contributed by atoms with Crippen LogP contribution in [0.3, 0.4) is 0 Å². The van der Waals surface area contributed by atoms with Gasteiger partial charge in [-0.15, -0.1) is 0 Å². The zero-order chi connectivity index (χ0) is 87.8. The predicted octanol–water partition coefficient (Wildman–Crippen LogP) is 5.52. The molecule has 3 rings (SSSR count). The van der Waals surface area contributed by atoms with Crippen LogP contribution >= 0.6 is 0 Å². The molecule has 0 N–H and O–H groups in total. The number of nitrogens with zero attached hydrogens (tertiary/aromatic N) is 7. The van der Waals surface area contributed by atoms with Crippen LogP contribution in [-0.4, -0.2) is 321 Å². The van der Waals surface area contributed by atoms with Gasteiger partial charge < -0.3 is 105 Å². The number of hydrogen-bond acceptors (Lipinski definition) is 36. The van der Waals surface area contributed by atoms with Gasteiger partial charge in [-0.3, -0.25) is 0 Å². The third-order valence-corrected chi connectivity index (χ3v) is 16.1. The fourth-order valence-corrected chi connectivity index (χ4v) is 10.2. The van der Waals surface area contributed by atoms with Gasteiger partial charge >= 0.3 is 83.6 Å². The molecule has 0 amide bonds. The van der Waals surface area contributed by atoms with Crippen molar-refractivity contribution in [1.29, 1.82) is 0 Å². The Bertz CT molecular complexity index is 2990. The summed E-state index contributed by atoms with van der Waals surface area (Å²) in [6.07, 6.45) is 18.3. The van der Waals surface area contributed by atoms with E-state index in [9.17, 15) is 67.1 Å². The molecule has 0 aromatic carbocycles. The number of ether oxygens (including phenoxy) is 15. The summed E-state index contributed by atoms with van der Waals surface area (Å²) in [6.45, 7) is 28.9. The molecule has 36 heteroatoms. The number of likely N-dealkylation sites (N-methyl/N-ethyl adjacent to an activating group) is 2. The summed E-state index contributed by atoms with van der Waals surface area (Å²) in [5.41, 5.74) is 1.71. The highest BCUT2D eigenvalue weighted by Gasteiger charge is 2.28. The summed E-state index contributed by atoms with van der Waals surface area (Å²) >= 11 is 0. The number of carbonyl (C=O) groups excluding carboxylic acids is 14. The van der Waals surface area contributed by atoms with Gasteiger partial charge in [-0.05, 0) is 99.8 Å². The number of morpholine rings is 1. The van der Waals surface area contributed by atoms with Crippen molar-refractivity contribution in [3.8, 4) is 0 Å². The second-order valence-electron chi connectivity index (χ2n) is 24.2. The Morgan fingerprint density at radius 2 is 0.535 bits per heavy atom. The number of esters is 14. The molecule has 3 aliphatic rings. The van der Waals surface area contributed by atoms with Crippen molar-refractivity contribution in [3.63, 3.8) is 0 Å². The van der Waals surface area contributed by atoms with Crippen LogP contribution in [0.5, 0.6) is 0 Å². The van der Waals surface area contributed by atoms with E-state index in [1.807, 2.05) is 75.0 Å². The van der Waals surface area contributed by atoms with E-state index in [1.54, 1.807) is 14.7 Å². The Kier molecular flexibility index (Phi) is 64.3. The fraction of sp³-hybridized carbons (Fsp3) is 0.641. The topological polar surface area (TPSA) is 400 Å². The van der Waals surface area contributed by atoms with Crippen LogP contribution < -0.4 is 0 Å². The molecule has 36 nitrogen and oxygen atoms in total. The van der Waals surface area contributed by atoms with E-state index in [2.05, 4.69) is 75.4 Å². The molecule has 0 aromatic heterocycles. The maximum absolute atomic E-state index is 11.8. The van der Waals surface area contributed by atoms with Gasteiger partial charge in [0.05, 0.1) is 155 Å². The molecular formula is C78H129N7O29. The summed E-state index contributed by atoms with van der Waals surface area (Å²) < 4.78 is 69.2. The van der Waals surface area contributed by atoms with Crippen LogP contribution in [0.15, 0.2) is 82.4 Å². The first-order valence-corrected chi connectivity index (χ1v) is 37.2. The number of methoxy groups -OCH3 is 14. The molecule has 0 aliphatic carbocycles. The lowest BCUT2D eigenvalue weighted by atomic mass is 10.1. The normalized spacial score (nSPS) is 13.4. The van der Waals surface area contributed by atoms with E-state index in [0.717, 1.165) is 128 Å². The predicted molar refractivity (Wildman–Crippen MR) is 417 cm³/mol. The van der Waals surface area contributed by atoms with Crippen molar-refractivity contribution in [1.82, 2.24) is 34.3 Å². The minimum absolute atomic E-state index is 0.0741. The molecule has 3 fully saturated rings. The van der Waals surface area contributed by atoms with E-state index in [4.69, 9.17) is 9.47 Å².